The highest BCUT2D eigenvalue weighted by Crippen LogP contribution is 2.34. The summed E-state index contributed by atoms with van der Waals surface area (Å²) in [6, 6.07) is 0.756. The van der Waals surface area contributed by atoms with E-state index in [2.05, 4.69) is 46.8 Å². The molecule has 152 valence electrons. The number of fused-ring (bicyclic) bond motifs is 1. The van der Waals surface area contributed by atoms with E-state index >= 15 is 0 Å². The van der Waals surface area contributed by atoms with Crippen LogP contribution in [-0.2, 0) is 13.0 Å². The molecular weight excluding hydrogens is 352 g/mol. The summed E-state index contributed by atoms with van der Waals surface area (Å²) in [4.78, 5) is 2.55. The molecular formula is C20H32N8. The van der Waals surface area contributed by atoms with Crippen molar-refractivity contribution in [2.45, 2.75) is 95.7 Å². The van der Waals surface area contributed by atoms with Gasteiger partial charge < -0.3 is 4.57 Å². The van der Waals surface area contributed by atoms with Crippen molar-refractivity contribution in [3.8, 4) is 0 Å². The van der Waals surface area contributed by atoms with Gasteiger partial charge in [0.05, 0.1) is 12.1 Å². The fourth-order valence-electron chi connectivity index (χ4n) is 5.40. The molecule has 0 spiro atoms. The lowest BCUT2D eigenvalue weighted by atomic mass is 9.94. The number of hydrogen-bond acceptors (Lipinski definition) is 6. The molecule has 2 aliphatic heterocycles. The van der Waals surface area contributed by atoms with E-state index in [4.69, 9.17) is 0 Å². The Morgan fingerprint density at radius 2 is 1.68 bits per heavy atom. The van der Waals surface area contributed by atoms with Crippen LogP contribution in [0.25, 0.3) is 0 Å². The summed E-state index contributed by atoms with van der Waals surface area (Å²) in [6.45, 7) is 5.52. The highest BCUT2D eigenvalue weighted by Gasteiger charge is 2.32. The fraction of sp³-hybridized carbons (Fsp3) is 0.850. The summed E-state index contributed by atoms with van der Waals surface area (Å²) in [6.07, 6.45) is 12.3. The molecule has 0 aromatic carbocycles. The van der Waals surface area contributed by atoms with Crippen molar-refractivity contribution in [1.82, 2.24) is 39.9 Å². The van der Waals surface area contributed by atoms with Crippen LogP contribution in [-0.4, -0.2) is 53.0 Å². The van der Waals surface area contributed by atoms with E-state index in [-0.39, 0.29) is 6.04 Å². The second-order valence-electron chi connectivity index (χ2n) is 8.84. The van der Waals surface area contributed by atoms with Crippen LogP contribution in [0.15, 0.2) is 0 Å². The second-order valence-corrected chi connectivity index (χ2v) is 8.84. The van der Waals surface area contributed by atoms with Gasteiger partial charge in [-0.05, 0) is 69.0 Å². The largest absolute Gasteiger partial charge is 0.315 e. The van der Waals surface area contributed by atoms with E-state index in [1.165, 1.54) is 56.6 Å². The summed E-state index contributed by atoms with van der Waals surface area (Å²) in [7, 11) is 0. The number of tetrazole rings is 1. The molecule has 8 heteroatoms. The third kappa shape index (κ3) is 3.36. The van der Waals surface area contributed by atoms with Gasteiger partial charge in [-0.1, -0.05) is 19.3 Å². The fourth-order valence-corrected chi connectivity index (χ4v) is 5.40. The van der Waals surface area contributed by atoms with Gasteiger partial charge >= 0.3 is 0 Å². The van der Waals surface area contributed by atoms with Crippen molar-refractivity contribution in [2.75, 3.05) is 13.1 Å². The Kier molecular flexibility index (Phi) is 5.13. The van der Waals surface area contributed by atoms with E-state index in [0.717, 1.165) is 44.7 Å². The minimum absolute atomic E-state index is 0.269. The zero-order valence-corrected chi connectivity index (χ0v) is 17.0. The average molecular weight is 385 g/mol. The zero-order chi connectivity index (χ0) is 18.9. The Morgan fingerprint density at radius 3 is 2.50 bits per heavy atom. The molecule has 0 N–H and O–H groups in total. The molecule has 3 aliphatic rings. The maximum atomic E-state index is 4.57. The van der Waals surface area contributed by atoms with Gasteiger partial charge in [0.15, 0.2) is 5.82 Å². The maximum Gasteiger partial charge on any atom is 0.168 e. The Hall–Kier alpha value is -1.83. The van der Waals surface area contributed by atoms with Crippen molar-refractivity contribution >= 4 is 0 Å². The zero-order valence-electron chi connectivity index (χ0n) is 17.0. The third-order valence-electron chi connectivity index (χ3n) is 7.14. The number of nitrogens with zero attached hydrogens (tertiary/aromatic N) is 8. The molecule has 5 rings (SSSR count). The second kappa shape index (κ2) is 7.89. The number of hydrogen-bond donors (Lipinski definition) is 0. The van der Waals surface area contributed by atoms with Crippen LogP contribution in [0.1, 0.15) is 100 Å². The van der Waals surface area contributed by atoms with Crippen LogP contribution in [0, 0.1) is 0 Å². The lowest BCUT2D eigenvalue weighted by Crippen LogP contribution is -2.37. The van der Waals surface area contributed by atoms with E-state index in [9.17, 15) is 0 Å². The smallest absolute Gasteiger partial charge is 0.168 e. The molecule has 0 bridgehead atoms. The van der Waals surface area contributed by atoms with Crippen LogP contribution < -0.4 is 0 Å². The molecule has 2 aromatic rings. The van der Waals surface area contributed by atoms with Crippen LogP contribution in [0.2, 0.25) is 0 Å². The van der Waals surface area contributed by atoms with E-state index in [1.807, 2.05) is 0 Å². The number of rotatable bonds is 4. The molecule has 0 amide bonds. The first kappa shape index (κ1) is 18.2. The Morgan fingerprint density at radius 1 is 0.857 bits per heavy atom. The normalized spacial score (nSPS) is 23.6. The van der Waals surface area contributed by atoms with Gasteiger partial charge in [0.1, 0.15) is 11.6 Å². The molecule has 8 nitrogen and oxygen atoms in total. The Bertz CT molecular complexity index is 782. The van der Waals surface area contributed by atoms with Crippen molar-refractivity contribution in [3.05, 3.63) is 17.5 Å². The standard InChI is InChI=1S/C20H32N8/c1-15(19-23-24-25-28(19)17-7-3-2-4-8-17)26-13-10-16(11-14-26)20-22-21-18-9-5-6-12-27(18)20/h15-17H,2-14H2,1H3. The summed E-state index contributed by atoms with van der Waals surface area (Å²) in [5.41, 5.74) is 0. The third-order valence-corrected chi connectivity index (χ3v) is 7.14. The first-order chi connectivity index (χ1) is 13.8. The highest BCUT2D eigenvalue weighted by atomic mass is 15.6. The number of likely N-dealkylation sites (tertiary alicyclic amines) is 1. The van der Waals surface area contributed by atoms with Gasteiger partial charge in [-0.15, -0.1) is 15.3 Å². The predicted molar refractivity (Wildman–Crippen MR) is 105 cm³/mol. The summed E-state index contributed by atoms with van der Waals surface area (Å²) in [5.74, 6) is 4.01. The number of aromatic nitrogens is 7. The van der Waals surface area contributed by atoms with E-state index in [0.29, 0.717) is 12.0 Å². The van der Waals surface area contributed by atoms with Gasteiger partial charge in [-0.2, -0.15) is 0 Å². The van der Waals surface area contributed by atoms with Gasteiger partial charge in [-0.3, -0.25) is 4.90 Å². The molecule has 1 aliphatic carbocycles. The number of aryl methyl sites for hydroxylation is 1. The monoisotopic (exact) mass is 384 g/mol. The molecule has 2 aromatic heterocycles. The lowest BCUT2D eigenvalue weighted by Gasteiger charge is -2.36. The molecule has 4 heterocycles. The summed E-state index contributed by atoms with van der Waals surface area (Å²) < 4.78 is 4.53. The van der Waals surface area contributed by atoms with Crippen molar-refractivity contribution in [3.63, 3.8) is 0 Å². The highest BCUT2D eigenvalue weighted by molar-refractivity contribution is 5.06. The van der Waals surface area contributed by atoms with Crippen molar-refractivity contribution in [2.24, 2.45) is 0 Å². The molecule has 2 fully saturated rings. The summed E-state index contributed by atoms with van der Waals surface area (Å²) >= 11 is 0. The molecule has 1 saturated carbocycles. The molecule has 1 atom stereocenters. The first-order valence-electron chi connectivity index (χ1n) is 11.2. The van der Waals surface area contributed by atoms with Crippen molar-refractivity contribution < 1.29 is 0 Å². The quantitative estimate of drug-likeness (QED) is 0.806. The van der Waals surface area contributed by atoms with Gasteiger partial charge in [0.25, 0.3) is 0 Å². The van der Waals surface area contributed by atoms with E-state index < -0.39 is 0 Å². The van der Waals surface area contributed by atoms with Crippen molar-refractivity contribution in [1.29, 1.82) is 0 Å². The van der Waals surface area contributed by atoms with Crippen LogP contribution in [0.5, 0.6) is 0 Å². The Labute approximate surface area is 166 Å². The SMILES string of the molecule is CC(c1nnnn1C1CCCCC1)N1CCC(c2nnc3n2CCCC3)CC1. The van der Waals surface area contributed by atoms with Gasteiger partial charge in [0, 0.05) is 18.9 Å². The molecule has 1 unspecified atom stereocenters. The molecule has 1 saturated heterocycles. The molecule has 0 radical (unpaired) electrons. The predicted octanol–water partition coefficient (Wildman–Crippen LogP) is 3.05. The van der Waals surface area contributed by atoms with Crippen LogP contribution in [0.4, 0.5) is 0 Å². The minimum Gasteiger partial charge on any atom is -0.315 e. The molecule has 28 heavy (non-hydrogen) atoms. The lowest BCUT2D eigenvalue weighted by molar-refractivity contribution is 0.146. The maximum absolute atomic E-state index is 4.57. The first-order valence-corrected chi connectivity index (χ1v) is 11.2. The topological polar surface area (TPSA) is 77.6 Å². The number of piperidine rings is 1. The van der Waals surface area contributed by atoms with Gasteiger partial charge in [0.2, 0.25) is 0 Å². The van der Waals surface area contributed by atoms with Crippen LogP contribution >= 0.6 is 0 Å². The average Bonchev–Trinajstić information content (AvgIpc) is 3.41. The summed E-state index contributed by atoms with van der Waals surface area (Å²) in [5, 5.41) is 21.9. The Balaban J connectivity index is 1.25. The van der Waals surface area contributed by atoms with E-state index in [1.54, 1.807) is 0 Å². The van der Waals surface area contributed by atoms with Crippen LogP contribution in [0.3, 0.4) is 0 Å². The van der Waals surface area contributed by atoms with Gasteiger partial charge in [-0.25, -0.2) is 4.68 Å². The minimum atomic E-state index is 0.269.